The molecule has 2 aromatic carbocycles. The van der Waals surface area contributed by atoms with E-state index in [1.807, 2.05) is 41.3 Å². The summed E-state index contributed by atoms with van der Waals surface area (Å²) in [4.78, 5) is 30.7. The van der Waals surface area contributed by atoms with Crippen LogP contribution in [0.25, 0.3) is 0 Å². The number of hydrogen-bond donors (Lipinski definition) is 0. The molecule has 0 aromatic heterocycles. The van der Waals surface area contributed by atoms with Gasteiger partial charge in [-0.15, -0.1) is 11.8 Å². The number of carbonyl (C=O) groups excluding carboxylic acids is 2. The molecule has 2 aliphatic heterocycles. The molecule has 1 atom stereocenters. The summed E-state index contributed by atoms with van der Waals surface area (Å²) in [6, 6.07) is 16.1. The molecule has 2 heterocycles. The Bertz CT molecular complexity index is 900. The van der Waals surface area contributed by atoms with Crippen LogP contribution in [0.3, 0.4) is 0 Å². The van der Waals surface area contributed by atoms with Crippen molar-refractivity contribution in [2.24, 2.45) is 0 Å². The lowest BCUT2D eigenvalue weighted by Gasteiger charge is -2.33. The lowest BCUT2D eigenvalue weighted by molar-refractivity contribution is -0.133. The van der Waals surface area contributed by atoms with Crippen LogP contribution in [0.1, 0.15) is 43.7 Å². The molecule has 0 bridgehead atoms. The first-order valence-electron chi connectivity index (χ1n) is 10.6. The van der Waals surface area contributed by atoms with Crippen molar-refractivity contribution in [3.05, 3.63) is 54.1 Å². The second-order valence-electron chi connectivity index (χ2n) is 7.78. The van der Waals surface area contributed by atoms with Gasteiger partial charge in [0.15, 0.2) is 0 Å². The number of likely N-dealkylation sites (tertiary alicyclic amines) is 1. The number of amides is 2. The summed E-state index contributed by atoms with van der Waals surface area (Å²) in [5, 5.41) is 0. The minimum atomic E-state index is 0.0778. The van der Waals surface area contributed by atoms with Crippen LogP contribution in [0.2, 0.25) is 0 Å². The van der Waals surface area contributed by atoms with Crippen LogP contribution in [-0.2, 0) is 9.59 Å². The van der Waals surface area contributed by atoms with Crippen LogP contribution in [0.15, 0.2) is 53.4 Å². The number of hydrogen-bond acceptors (Lipinski definition) is 4. The van der Waals surface area contributed by atoms with Gasteiger partial charge >= 0.3 is 0 Å². The third kappa shape index (κ3) is 4.48. The van der Waals surface area contributed by atoms with Crippen LogP contribution in [0.5, 0.6) is 5.75 Å². The van der Waals surface area contributed by atoms with Gasteiger partial charge in [0.1, 0.15) is 5.75 Å². The Kier molecular flexibility index (Phi) is 6.62. The fourth-order valence-corrected chi connectivity index (χ4v) is 5.27. The highest BCUT2D eigenvalue weighted by Crippen LogP contribution is 2.35. The van der Waals surface area contributed by atoms with Crippen molar-refractivity contribution in [2.45, 2.75) is 43.0 Å². The first-order chi connectivity index (χ1) is 14.7. The van der Waals surface area contributed by atoms with E-state index >= 15 is 0 Å². The molecule has 2 aliphatic rings. The number of rotatable bonds is 5. The van der Waals surface area contributed by atoms with Crippen LogP contribution in [-0.4, -0.2) is 42.7 Å². The molecule has 1 fully saturated rings. The standard InChI is InChI=1S/C24H28N2O3S/c1-29-19-12-10-18(11-13-19)20-7-3-2-6-15-25(20)23(27)14-16-26-21-8-4-5-9-22(21)30-17-24(26)28/h4-5,8-13,20H,2-3,6-7,14-17H2,1H3/t20-/m1/s1. The van der Waals surface area contributed by atoms with Gasteiger partial charge in [0, 0.05) is 24.4 Å². The summed E-state index contributed by atoms with van der Waals surface area (Å²) < 4.78 is 5.28. The number of nitrogens with zero attached hydrogens (tertiary/aromatic N) is 2. The van der Waals surface area contributed by atoms with Gasteiger partial charge in [0.2, 0.25) is 11.8 Å². The molecular formula is C24H28N2O3S. The molecule has 5 nitrogen and oxygen atoms in total. The fourth-order valence-electron chi connectivity index (χ4n) is 4.33. The SMILES string of the molecule is COc1ccc([C@H]2CCCCCN2C(=O)CCN2C(=O)CSc3ccccc32)cc1. The zero-order valence-electron chi connectivity index (χ0n) is 17.4. The first kappa shape index (κ1) is 20.8. The zero-order valence-corrected chi connectivity index (χ0v) is 18.2. The van der Waals surface area contributed by atoms with Crippen molar-refractivity contribution >= 4 is 29.3 Å². The number of para-hydroxylation sites is 1. The third-order valence-corrected chi connectivity index (χ3v) is 6.98. The van der Waals surface area contributed by atoms with E-state index in [1.165, 1.54) is 0 Å². The molecule has 2 amide bonds. The monoisotopic (exact) mass is 424 g/mol. The topological polar surface area (TPSA) is 49.9 Å². The van der Waals surface area contributed by atoms with E-state index in [1.54, 1.807) is 23.8 Å². The van der Waals surface area contributed by atoms with Crippen molar-refractivity contribution in [2.75, 3.05) is 30.9 Å². The van der Waals surface area contributed by atoms with E-state index < -0.39 is 0 Å². The molecule has 2 aromatic rings. The summed E-state index contributed by atoms with van der Waals surface area (Å²) >= 11 is 1.57. The third-order valence-electron chi connectivity index (χ3n) is 5.93. The maximum Gasteiger partial charge on any atom is 0.237 e. The predicted molar refractivity (Wildman–Crippen MR) is 120 cm³/mol. The van der Waals surface area contributed by atoms with Crippen molar-refractivity contribution in [3.63, 3.8) is 0 Å². The van der Waals surface area contributed by atoms with Gasteiger partial charge in [-0.05, 0) is 42.7 Å². The zero-order chi connectivity index (χ0) is 20.9. The predicted octanol–water partition coefficient (Wildman–Crippen LogP) is 4.67. The van der Waals surface area contributed by atoms with Gasteiger partial charge in [-0.1, -0.05) is 37.1 Å². The molecule has 4 rings (SSSR count). The number of methoxy groups -OCH3 is 1. The molecular weight excluding hydrogens is 396 g/mol. The number of anilines is 1. The summed E-state index contributed by atoms with van der Waals surface area (Å²) in [6.45, 7) is 1.21. The number of ether oxygens (including phenoxy) is 1. The smallest absolute Gasteiger partial charge is 0.237 e. The van der Waals surface area contributed by atoms with Crippen LogP contribution >= 0.6 is 11.8 Å². The maximum atomic E-state index is 13.3. The van der Waals surface area contributed by atoms with Crippen molar-refractivity contribution in [3.8, 4) is 5.75 Å². The van der Waals surface area contributed by atoms with E-state index in [-0.39, 0.29) is 17.9 Å². The molecule has 158 valence electrons. The molecule has 0 unspecified atom stereocenters. The van der Waals surface area contributed by atoms with Crippen molar-refractivity contribution in [1.29, 1.82) is 0 Å². The number of carbonyl (C=O) groups is 2. The van der Waals surface area contributed by atoms with E-state index in [0.29, 0.717) is 18.7 Å². The second-order valence-corrected chi connectivity index (χ2v) is 8.79. The second kappa shape index (κ2) is 9.56. The molecule has 0 spiro atoms. The van der Waals surface area contributed by atoms with Gasteiger partial charge in [-0.2, -0.15) is 0 Å². The summed E-state index contributed by atoms with van der Waals surface area (Å²) in [5.41, 5.74) is 2.08. The van der Waals surface area contributed by atoms with E-state index in [0.717, 1.165) is 54.1 Å². The first-order valence-corrected chi connectivity index (χ1v) is 11.6. The highest BCUT2D eigenvalue weighted by molar-refractivity contribution is 8.00. The Balaban J connectivity index is 1.48. The van der Waals surface area contributed by atoms with E-state index in [2.05, 4.69) is 12.1 Å². The lowest BCUT2D eigenvalue weighted by atomic mass is 10.0. The normalized spacial score (nSPS) is 19.2. The van der Waals surface area contributed by atoms with Crippen LogP contribution < -0.4 is 9.64 Å². The highest BCUT2D eigenvalue weighted by Gasteiger charge is 2.29. The molecule has 0 radical (unpaired) electrons. The van der Waals surface area contributed by atoms with Gasteiger partial charge in [0.05, 0.1) is 24.6 Å². The van der Waals surface area contributed by atoms with Gasteiger partial charge in [-0.3, -0.25) is 9.59 Å². The summed E-state index contributed by atoms with van der Waals surface area (Å²) in [5.74, 6) is 1.46. The Labute approximate surface area is 182 Å². The van der Waals surface area contributed by atoms with E-state index in [4.69, 9.17) is 4.74 Å². The molecule has 0 saturated carbocycles. The van der Waals surface area contributed by atoms with Crippen molar-refractivity contribution in [1.82, 2.24) is 4.90 Å². The minimum absolute atomic E-state index is 0.0778. The largest absolute Gasteiger partial charge is 0.497 e. The number of thioether (sulfide) groups is 1. The molecule has 6 heteroatoms. The molecule has 30 heavy (non-hydrogen) atoms. The van der Waals surface area contributed by atoms with E-state index in [9.17, 15) is 9.59 Å². The molecule has 1 saturated heterocycles. The maximum absolute atomic E-state index is 13.3. The summed E-state index contributed by atoms with van der Waals surface area (Å²) in [7, 11) is 1.66. The summed E-state index contributed by atoms with van der Waals surface area (Å²) in [6.07, 6.45) is 4.61. The Hall–Kier alpha value is -2.47. The number of benzene rings is 2. The highest BCUT2D eigenvalue weighted by atomic mass is 32.2. The van der Waals surface area contributed by atoms with Gasteiger partial charge in [0.25, 0.3) is 0 Å². The Morgan fingerprint density at radius 1 is 1.10 bits per heavy atom. The van der Waals surface area contributed by atoms with Crippen LogP contribution in [0.4, 0.5) is 5.69 Å². The molecule has 0 aliphatic carbocycles. The Morgan fingerprint density at radius 3 is 2.70 bits per heavy atom. The van der Waals surface area contributed by atoms with Gasteiger partial charge < -0.3 is 14.5 Å². The van der Waals surface area contributed by atoms with Crippen LogP contribution in [0, 0.1) is 0 Å². The molecule has 0 N–H and O–H groups in total. The number of fused-ring (bicyclic) bond motifs is 1. The lowest BCUT2D eigenvalue weighted by Crippen LogP contribution is -2.40. The quantitative estimate of drug-likeness (QED) is 0.700. The van der Waals surface area contributed by atoms with Crippen molar-refractivity contribution < 1.29 is 14.3 Å². The minimum Gasteiger partial charge on any atom is -0.497 e. The fraction of sp³-hybridized carbons (Fsp3) is 0.417. The average Bonchev–Trinajstić information content (AvgIpc) is 3.04. The average molecular weight is 425 g/mol. The van der Waals surface area contributed by atoms with Gasteiger partial charge in [-0.25, -0.2) is 0 Å². The Morgan fingerprint density at radius 2 is 1.90 bits per heavy atom.